The summed E-state index contributed by atoms with van der Waals surface area (Å²) in [6.07, 6.45) is 1.37. The van der Waals surface area contributed by atoms with Crippen molar-refractivity contribution in [1.82, 2.24) is 5.32 Å². The van der Waals surface area contributed by atoms with Crippen LogP contribution in [-0.2, 0) is 4.74 Å². The van der Waals surface area contributed by atoms with Gasteiger partial charge in [0.25, 0.3) is 0 Å². The van der Waals surface area contributed by atoms with E-state index in [9.17, 15) is 0 Å². The normalized spacial score (nSPS) is 10.9. The Hall–Kier alpha value is -1.06. The van der Waals surface area contributed by atoms with E-state index in [0.29, 0.717) is 12.7 Å². The fraction of sp³-hybridized carbons (Fsp3) is 0.600. The van der Waals surface area contributed by atoms with E-state index in [0.717, 1.165) is 31.9 Å². The van der Waals surface area contributed by atoms with Gasteiger partial charge in [-0.1, -0.05) is 12.1 Å². The molecule has 1 aromatic carbocycles. The molecule has 0 saturated heterocycles. The predicted octanol–water partition coefficient (Wildman–Crippen LogP) is 2.78. The molecule has 0 atom stereocenters. The Kier molecular flexibility index (Phi) is 7.46. The minimum absolute atomic E-state index is 0.328. The Bertz CT molecular complexity index is 326. The Labute approximate surface area is 110 Å². The van der Waals surface area contributed by atoms with E-state index in [4.69, 9.17) is 9.47 Å². The van der Waals surface area contributed by atoms with E-state index in [1.807, 2.05) is 12.1 Å². The Morgan fingerprint density at radius 3 is 2.72 bits per heavy atom. The van der Waals surface area contributed by atoms with Gasteiger partial charge in [0.15, 0.2) is 0 Å². The minimum atomic E-state index is 0.328. The molecule has 0 unspecified atom stereocenters. The van der Waals surface area contributed by atoms with Gasteiger partial charge in [-0.25, -0.2) is 0 Å². The molecule has 1 aromatic rings. The molecule has 18 heavy (non-hydrogen) atoms. The molecule has 0 aliphatic heterocycles. The monoisotopic (exact) mass is 251 g/mol. The van der Waals surface area contributed by atoms with Crippen LogP contribution in [0.2, 0.25) is 0 Å². The van der Waals surface area contributed by atoms with Crippen molar-refractivity contribution in [3.8, 4) is 5.75 Å². The van der Waals surface area contributed by atoms with Crippen molar-refractivity contribution >= 4 is 0 Å². The predicted molar refractivity (Wildman–Crippen MR) is 75.2 cm³/mol. The molecule has 3 heteroatoms. The summed E-state index contributed by atoms with van der Waals surface area (Å²) in [4.78, 5) is 0. The molecule has 102 valence electrons. The van der Waals surface area contributed by atoms with E-state index in [-0.39, 0.29) is 0 Å². The van der Waals surface area contributed by atoms with Crippen LogP contribution in [0.1, 0.15) is 25.8 Å². The van der Waals surface area contributed by atoms with Gasteiger partial charge in [-0.2, -0.15) is 0 Å². The summed E-state index contributed by atoms with van der Waals surface area (Å²) in [5.74, 6) is 0.944. The third-order valence-corrected chi connectivity index (χ3v) is 2.49. The van der Waals surface area contributed by atoms with Gasteiger partial charge in [0.2, 0.25) is 0 Å². The molecule has 0 saturated carbocycles. The Balaban J connectivity index is 1.96. The lowest BCUT2D eigenvalue weighted by Crippen LogP contribution is -2.23. The first-order valence-electron chi connectivity index (χ1n) is 6.70. The molecular weight excluding hydrogens is 226 g/mol. The fourth-order valence-electron chi connectivity index (χ4n) is 1.59. The molecular formula is C15H25NO2. The molecule has 0 aliphatic carbocycles. The second-order valence-corrected chi connectivity index (χ2v) is 4.69. The van der Waals surface area contributed by atoms with E-state index in [1.165, 1.54) is 5.56 Å². The lowest BCUT2D eigenvalue weighted by Gasteiger charge is -2.09. The van der Waals surface area contributed by atoms with Crippen molar-refractivity contribution in [2.24, 2.45) is 0 Å². The first kappa shape index (κ1) is 15.0. The van der Waals surface area contributed by atoms with Crippen LogP contribution >= 0.6 is 0 Å². The van der Waals surface area contributed by atoms with Crippen molar-refractivity contribution in [1.29, 1.82) is 0 Å². The van der Waals surface area contributed by atoms with Crippen LogP contribution in [-0.4, -0.2) is 32.4 Å². The van der Waals surface area contributed by atoms with E-state index >= 15 is 0 Å². The zero-order valence-corrected chi connectivity index (χ0v) is 11.7. The molecule has 0 amide bonds. The van der Waals surface area contributed by atoms with Crippen molar-refractivity contribution in [3.63, 3.8) is 0 Å². The summed E-state index contributed by atoms with van der Waals surface area (Å²) < 4.78 is 11.1. The van der Waals surface area contributed by atoms with Crippen LogP contribution in [0, 0.1) is 6.92 Å². The largest absolute Gasteiger partial charge is 0.492 e. The van der Waals surface area contributed by atoms with E-state index < -0.39 is 0 Å². The van der Waals surface area contributed by atoms with Gasteiger partial charge in [0, 0.05) is 13.2 Å². The first-order chi connectivity index (χ1) is 8.68. The highest BCUT2D eigenvalue weighted by Crippen LogP contribution is 2.11. The summed E-state index contributed by atoms with van der Waals surface area (Å²) in [7, 11) is 0. The molecule has 0 radical (unpaired) electrons. The van der Waals surface area contributed by atoms with Crippen molar-refractivity contribution in [2.45, 2.75) is 33.3 Å². The lowest BCUT2D eigenvalue weighted by molar-refractivity contribution is 0.0770. The van der Waals surface area contributed by atoms with Crippen molar-refractivity contribution < 1.29 is 9.47 Å². The molecule has 1 rings (SSSR count). The fourth-order valence-corrected chi connectivity index (χ4v) is 1.59. The molecule has 3 nitrogen and oxygen atoms in total. The van der Waals surface area contributed by atoms with E-state index in [2.05, 4.69) is 38.2 Å². The summed E-state index contributed by atoms with van der Waals surface area (Å²) in [5.41, 5.74) is 1.23. The van der Waals surface area contributed by atoms with Crippen molar-refractivity contribution in [2.75, 3.05) is 26.3 Å². The maximum Gasteiger partial charge on any atom is 0.119 e. The lowest BCUT2D eigenvalue weighted by atomic mass is 10.2. The molecule has 0 heterocycles. The van der Waals surface area contributed by atoms with Crippen LogP contribution in [0.4, 0.5) is 0 Å². The summed E-state index contributed by atoms with van der Waals surface area (Å²) in [6, 6.07) is 8.13. The molecule has 0 bridgehead atoms. The standard InChI is InChI=1S/C15H25NO2/c1-13(2)17-10-5-8-16-9-11-18-15-7-4-6-14(3)12-15/h4,6-7,12-13,16H,5,8-11H2,1-3H3. The topological polar surface area (TPSA) is 30.5 Å². The number of aryl methyl sites for hydroxylation is 1. The van der Waals surface area contributed by atoms with Gasteiger partial charge in [-0.3, -0.25) is 0 Å². The third kappa shape index (κ3) is 7.30. The Morgan fingerprint density at radius 2 is 2.00 bits per heavy atom. The average molecular weight is 251 g/mol. The second kappa shape index (κ2) is 8.95. The van der Waals surface area contributed by atoms with Gasteiger partial charge < -0.3 is 14.8 Å². The number of benzene rings is 1. The summed E-state index contributed by atoms with van der Waals surface area (Å²) in [5, 5.41) is 3.34. The van der Waals surface area contributed by atoms with Gasteiger partial charge in [0.05, 0.1) is 6.10 Å². The number of rotatable bonds is 9. The average Bonchev–Trinajstić information content (AvgIpc) is 2.32. The van der Waals surface area contributed by atoms with Crippen LogP contribution in [0.3, 0.4) is 0 Å². The van der Waals surface area contributed by atoms with E-state index in [1.54, 1.807) is 0 Å². The molecule has 0 aromatic heterocycles. The van der Waals surface area contributed by atoms with Gasteiger partial charge in [-0.15, -0.1) is 0 Å². The maximum absolute atomic E-state index is 5.64. The third-order valence-electron chi connectivity index (χ3n) is 2.49. The molecule has 1 N–H and O–H groups in total. The minimum Gasteiger partial charge on any atom is -0.492 e. The molecule has 0 aliphatic rings. The van der Waals surface area contributed by atoms with Gasteiger partial charge in [-0.05, 0) is 51.4 Å². The zero-order chi connectivity index (χ0) is 13.2. The Morgan fingerprint density at radius 1 is 1.17 bits per heavy atom. The summed E-state index contributed by atoms with van der Waals surface area (Å²) >= 11 is 0. The number of hydrogen-bond donors (Lipinski definition) is 1. The highest BCUT2D eigenvalue weighted by Gasteiger charge is 1.95. The number of nitrogens with one attached hydrogen (secondary N) is 1. The quantitative estimate of drug-likeness (QED) is 0.685. The first-order valence-corrected chi connectivity index (χ1v) is 6.70. The highest BCUT2D eigenvalue weighted by molar-refractivity contribution is 5.27. The SMILES string of the molecule is Cc1cccc(OCCNCCCOC(C)C)c1. The van der Waals surface area contributed by atoms with Crippen LogP contribution in [0.15, 0.2) is 24.3 Å². The number of hydrogen-bond acceptors (Lipinski definition) is 3. The van der Waals surface area contributed by atoms with Crippen molar-refractivity contribution in [3.05, 3.63) is 29.8 Å². The highest BCUT2D eigenvalue weighted by atomic mass is 16.5. The molecule has 0 spiro atoms. The molecule has 0 fully saturated rings. The van der Waals surface area contributed by atoms with Gasteiger partial charge >= 0.3 is 0 Å². The zero-order valence-electron chi connectivity index (χ0n) is 11.7. The van der Waals surface area contributed by atoms with Crippen LogP contribution < -0.4 is 10.1 Å². The number of ether oxygens (including phenoxy) is 2. The maximum atomic E-state index is 5.64. The summed E-state index contributed by atoms with van der Waals surface area (Å²) in [6.45, 7) is 9.56. The van der Waals surface area contributed by atoms with Crippen LogP contribution in [0.5, 0.6) is 5.75 Å². The van der Waals surface area contributed by atoms with Crippen LogP contribution in [0.25, 0.3) is 0 Å². The smallest absolute Gasteiger partial charge is 0.119 e. The second-order valence-electron chi connectivity index (χ2n) is 4.69. The van der Waals surface area contributed by atoms with Gasteiger partial charge in [0.1, 0.15) is 12.4 Å².